The SMILES string of the molecule is Cc1cnc(C)c(N(C)CC2CCCCO2)n1. The molecule has 94 valence electrons. The lowest BCUT2D eigenvalue weighted by molar-refractivity contribution is 0.0215. The van der Waals surface area contributed by atoms with Gasteiger partial charge in [0.2, 0.25) is 0 Å². The predicted octanol–water partition coefficient (Wildman–Crippen LogP) is 2.10. The molecule has 0 aromatic carbocycles. The monoisotopic (exact) mass is 235 g/mol. The van der Waals surface area contributed by atoms with Crippen LogP contribution in [0.2, 0.25) is 0 Å². The standard InChI is InChI=1S/C13H21N3O/c1-10-8-14-11(2)13(15-10)16(3)9-12-6-4-5-7-17-12/h8,12H,4-7,9H2,1-3H3. The third-order valence-corrected chi connectivity index (χ3v) is 3.16. The molecule has 1 saturated heterocycles. The van der Waals surface area contributed by atoms with E-state index in [4.69, 9.17) is 4.74 Å². The first-order chi connectivity index (χ1) is 8.16. The molecule has 4 nitrogen and oxygen atoms in total. The van der Waals surface area contributed by atoms with Gasteiger partial charge in [0.1, 0.15) is 5.82 Å². The van der Waals surface area contributed by atoms with Gasteiger partial charge in [0.15, 0.2) is 0 Å². The maximum absolute atomic E-state index is 5.75. The molecule has 0 radical (unpaired) electrons. The number of hydrogen-bond donors (Lipinski definition) is 0. The van der Waals surface area contributed by atoms with Crippen LogP contribution in [0.15, 0.2) is 6.20 Å². The van der Waals surface area contributed by atoms with E-state index in [2.05, 4.69) is 21.9 Å². The first kappa shape index (κ1) is 12.3. The van der Waals surface area contributed by atoms with Crippen molar-refractivity contribution >= 4 is 5.82 Å². The van der Waals surface area contributed by atoms with Crippen molar-refractivity contribution in [2.45, 2.75) is 39.2 Å². The van der Waals surface area contributed by atoms with Crippen LogP contribution >= 0.6 is 0 Å². The smallest absolute Gasteiger partial charge is 0.150 e. The van der Waals surface area contributed by atoms with Crippen molar-refractivity contribution in [1.29, 1.82) is 0 Å². The Labute approximate surface area is 103 Å². The van der Waals surface area contributed by atoms with Crippen LogP contribution in [0.25, 0.3) is 0 Å². The summed E-state index contributed by atoms with van der Waals surface area (Å²) in [7, 11) is 2.06. The number of ether oxygens (including phenoxy) is 1. The Bertz CT molecular complexity index is 375. The van der Waals surface area contributed by atoms with Crippen molar-refractivity contribution in [2.75, 3.05) is 25.1 Å². The van der Waals surface area contributed by atoms with Crippen LogP contribution in [0.1, 0.15) is 30.7 Å². The third kappa shape index (κ3) is 3.16. The Hall–Kier alpha value is -1.16. The molecule has 0 amide bonds. The zero-order chi connectivity index (χ0) is 12.3. The van der Waals surface area contributed by atoms with Gasteiger partial charge in [-0.25, -0.2) is 4.98 Å². The molecule has 0 spiro atoms. The number of rotatable bonds is 3. The highest BCUT2D eigenvalue weighted by Gasteiger charge is 2.17. The molecule has 1 unspecified atom stereocenters. The van der Waals surface area contributed by atoms with E-state index in [0.717, 1.165) is 36.8 Å². The minimum absolute atomic E-state index is 0.343. The molecular formula is C13H21N3O. The van der Waals surface area contributed by atoms with E-state index in [1.54, 1.807) is 0 Å². The Kier molecular flexibility index (Phi) is 3.94. The Morgan fingerprint density at radius 2 is 2.24 bits per heavy atom. The van der Waals surface area contributed by atoms with E-state index >= 15 is 0 Å². The maximum atomic E-state index is 5.75. The van der Waals surface area contributed by atoms with Crippen LogP contribution in [0.5, 0.6) is 0 Å². The summed E-state index contributed by atoms with van der Waals surface area (Å²) in [5.41, 5.74) is 1.94. The summed E-state index contributed by atoms with van der Waals surface area (Å²) < 4.78 is 5.75. The minimum atomic E-state index is 0.343. The fraction of sp³-hybridized carbons (Fsp3) is 0.692. The van der Waals surface area contributed by atoms with Crippen molar-refractivity contribution in [3.63, 3.8) is 0 Å². The van der Waals surface area contributed by atoms with Crippen molar-refractivity contribution < 1.29 is 4.74 Å². The quantitative estimate of drug-likeness (QED) is 0.804. The van der Waals surface area contributed by atoms with E-state index in [1.807, 2.05) is 20.0 Å². The Morgan fingerprint density at radius 3 is 2.94 bits per heavy atom. The van der Waals surface area contributed by atoms with Gasteiger partial charge in [0, 0.05) is 26.4 Å². The zero-order valence-corrected chi connectivity index (χ0v) is 10.9. The highest BCUT2D eigenvalue weighted by molar-refractivity contribution is 5.42. The number of aromatic nitrogens is 2. The van der Waals surface area contributed by atoms with E-state index in [0.29, 0.717) is 6.10 Å². The highest BCUT2D eigenvalue weighted by atomic mass is 16.5. The molecule has 17 heavy (non-hydrogen) atoms. The molecular weight excluding hydrogens is 214 g/mol. The topological polar surface area (TPSA) is 38.2 Å². The molecule has 1 aromatic heterocycles. The largest absolute Gasteiger partial charge is 0.376 e. The molecule has 1 aliphatic heterocycles. The van der Waals surface area contributed by atoms with Gasteiger partial charge in [0.05, 0.1) is 17.5 Å². The third-order valence-electron chi connectivity index (χ3n) is 3.16. The van der Waals surface area contributed by atoms with Crippen molar-refractivity contribution in [3.8, 4) is 0 Å². The summed E-state index contributed by atoms with van der Waals surface area (Å²) >= 11 is 0. The van der Waals surface area contributed by atoms with Crippen molar-refractivity contribution in [2.24, 2.45) is 0 Å². The second-order valence-corrected chi connectivity index (χ2v) is 4.79. The molecule has 2 rings (SSSR count). The number of likely N-dealkylation sites (N-methyl/N-ethyl adjacent to an activating group) is 1. The van der Waals surface area contributed by atoms with Gasteiger partial charge in [-0.15, -0.1) is 0 Å². The number of hydrogen-bond acceptors (Lipinski definition) is 4. The second kappa shape index (κ2) is 5.45. The van der Waals surface area contributed by atoms with Crippen LogP contribution in [-0.4, -0.2) is 36.3 Å². The molecule has 1 aromatic rings. The van der Waals surface area contributed by atoms with Crippen LogP contribution in [0.3, 0.4) is 0 Å². The first-order valence-corrected chi connectivity index (χ1v) is 6.30. The molecule has 0 bridgehead atoms. The van der Waals surface area contributed by atoms with Gasteiger partial charge in [-0.3, -0.25) is 4.98 Å². The minimum Gasteiger partial charge on any atom is -0.376 e. The molecule has 2 heterocycles. The summed E-state index contributed by atoms with van der Waals surface area (Å²) in [4.78, 5) is 11.1. The zero-order valence-electron chi connectivity index (χ0n) is 10.9. The van der Waals surface area contributed by atoms with Gasteiger partial charge in [-0.1, -0.05) is 0 Å². The van der Waals surface area contributed by atoms with E-state index in [9.17, 15) is 0 Å². The van der Waals surface area contributed by atoms with Crippen LogP contribution < -0.4 is 4.90 Å². The molecule has 1 fully saturated rings. The average Bonchev–Trinajstić information content (AvgIpc) is 2.33. The Balaban J connectivity index is 2.02. The van der Waals surface area contributed by atoms with Crippen LogP contribution in [0, 0.1) is 13.8 Å². The highest BCUT2D eigenvalue weighted by Crippen LogP contribution is 2.18. The number of aryl methyl sites for hydroxylation is 2. The summed E-state index contributed by atoms with van der Waals surface area (Å²) in [6.45, 7) is 5.77. The maximum Gasteiger partial charge on any atom is 0.150 e. The van der Waals surface area contributed by atoms with Crippen LogP contribution in [0.4, 0.5) is 5.82 Å². The summed E-state index contributed by atoms with van der Waals surface area (Å²) in [6.07, 6.45) is 5.78. The van der Waals surface area contributed by atoms with Gasteiger partial charge in [0.25, 0.3) is 0 Å². The molecule has 1 atom stereocenters. The summed E-state index contributed by atoms with van der Waals surface area (Å²) in [5, 5.41) is 0. The van der Waals surface area contributed by atoms with Gasteiger partial charge >= 0.3 is 0 Å². The molecule has 0 saturated carbocycles. The van der Waals surface area contributed by atoms with Gasteiger partial charge in [-0.05, 0) is 33.1 Å². The average molecular weight is 235 g/mol. The fourth-order valence-corrected chi connectivity index (χ4v) is 2.23. The van der Waals surface area contributed by atoms with Gasteiger partial charge < -0.3 is 9.64 Å². The predicted molar refractivity (Wildman–Crippen MR) is 68.4 cm³/mol. The van der Waals surface area contributed by atoms with E-state index in [-0.39, 0.29) is 0 Å². The lowest BCUT2D eigenvalue weighted by atomic mass is 10.1. The lowest BCUT2D eigenvalue weighted by Crippen LogP contribution is -2.34. The molecule has 0 N–H and O–H groups in total. The Morgan fingerprint density at radius 1 is 1.41 bits per heavy atom. The van der Waals surface area contributed by atoms with E-state index < -0.39 is 0 Å². The molecule has 0 aliphatic carbocycles. The number of anilines is 1. The van der Waals surface area contributed by atoms with Gasteiger partial charge in [-0.2, -0.15) is 0 Å². The fourth-order valence-electron chi connectivity index (χ4n) is 2.23. The van der Waals surface area contributed by atoms with E-state index in [1.165, 1.54) is 12.8 Å². The second-order valence-electron chi connectivity index (χ2n) is 4.79. The van der Waals surface area contributed by atoms with Crippen molar-refractivity contribution in [3.05, 3.63) is 17.6 Å². The summed E-state index contributed by atoms with van der Waals surface area (Å²) in [5.74, 6) is 0.971. The van der Waals surface area contributed by atoms with Crippen LogP contribution in [-0.2, 0) is 4.74 Å². The first-order valence-electron chi connectivity index (χ1n) is 6.30. The molecule has 1 aliphatic rings. The lowest BCUT2D eigenvalue weighted by Gasteiger charge is -2.28. The van der Waals surface area contributed by atoms with Crippen molar-refractivity contribution in [1.82, 2.24) is 9.97 Å². The summed E-state index contributed by atoms with van der Waals surface area (Å²) in [6, 6.07) is 0. The molecule has 4 heteroatoms. The number of nitrogens with zero attached hydrogens (tertiary/aromatic N) is 3. The normalized spacial score (nSPS) is 20.3.